The van der Waals surface area contributed by atoms with Crippen LogP contribution in [0.3, 0.4) is 0 Å². The summed E-state index contributed by atoms with van der Waals surface area (Å²) in [5, 5.41) is 13.5. The van der Waals surface area contributed by atoms with Crippen LogP contribution < -0.4 is 5.32 Å². The van der Waals surface area contributed by atoms with Crippen molar-refractivity contribution in [2.24, 2.45) is 5.92 Å². The normalized spacial score (nSPS) is 14.6. The number of benzene rings is 1. The molecule has 108 valence electrons. The molecule has 2 N–H and O–H groups in total. The summed E-state index contributed by atoms with van der Waals surface area (Å²) < 4.78 is 0. The topological polar surface area (TPSA) is 32.3 Å². The molecular weight excluding hydrogens is 254 g/mol. The highest BCUT2D eigenvalue weighted by Crippen LogP contribution is 2.25. The van der Waals surface area contributed by atoms with E-state index in [-0.39, 0.29) is 0 Å². The standard InChI is InChI=1S/C16H27NOS/c1-5-16(4,18)12-19-15-8-6-7-14(9-15)11-17-10-13(2)3/h6-9,13,17-18H,5,10-12H2,1-4H3. The van der Waals surface area contributed by atoms with E-state index in [9.17, 15) is 5.11 Å². The first-order chi connectivity index (χ1) is 8.93. The first-order valence-corrected chi connectivity index (χ1v) is 8.06. The maximum Gasteiger partial charge on any atom is 0.0710 e. The van der Waals surface area contributed by atoms with Crippen molar-refractivity contribution in [3.63, 3.8) is 0 Å². The van der Waals surface area contributed by atoms with Crippen molar-refractivity contribution in [2.75, 3.05) is 12.3 Å². The Morgan fingerprint density at radius 2 is 2.11 bits per heavy atom. The number of rotatable bonds is 8. The van der Waals surface area contributed by atoms with E-state index < -0.39 is 5.60 Å². The lowest BCUT2D eigenvalue weighted by atomic mass is 10.1. The second kappa shape index (κ2) is 7.93. The molecule has 0 aliphatic rings. The van der Waals surface area contributed by atoms with Gasteiger partial charge in [-0.15, -0.1) is 11.8 Å². The van der Waals surface area contributed by atoms with Crippen LogP contribution in [0.4, 0.5) is 0 Å². The zero-order valence-corrected chi connectivity index (χ0v) is 13.4. The van der Waals surface area contributed by atoms with E-state index in [2.05, 4.69) is 43.4 Å². The fourth-order valence-electron chi connectivity index (χ4n) is 1.59. The quantitative estimate of drug-likeness (QED) is 0.713. The van der Waals surface area contributed by atoms with Crippen LogP contribution in [0.5, 0.6) is 0 Å². The van der Waals surface area contributed by atoms with Crippen LogP contribution in [-0.4, -0.2) is 23.0 Å². The molecular formula is C16H27NOS. The number of thioether (sulfide) groups is 1. The lowest BCUT2D eigenvalue weighted by Crippen LogP contribution is -2.25. The van der Waals surface area contributed by atoms with E-state index in [0.717, 1.165) is 25.3 Å². The minimum Gasteiger partial charge on any atom is -0.389 e. The zero-order valence-electron chi connectivity index (χ0n) is 12.6. The molecule has 0 heterocycles. The Morgan fingerprint density at radius 3 is 2.74 bits per heavy atom. The van der Waals surface area contributed by atoms with E-state index in [1.165, 1.54) is 10.5 Å². The molecule has 0 radical (unpaired) electrons. The second-order valence-corrected chi connectivity index (χ2v) is 6.86. The number of hydrogen-bond acceptors (Lipinski definition) is 3. The van der Waals surface area contributed by atoms with Crippen LogP contribution >= 0.6 is 11.8 Å². The summed E-state index contributed by atoms with van der Waals surface area (Å²) in [5.74, 6) is 1.42. The van der Waals surface area contributed by atoms with Crippen molar-refractivity contribution in [3.05, 3.63) is 29.8 Å². The van der Waals surface area contributed by atoms with Gasteiger partial charge in [-0.3, -0.25) is 0 Å². The lowest BCUT2D eigenvalue weighted by Gasteiger charge is -2.20. The van der Waals surface area contributed by atoms with Gasteiger partial charge < -0.3 is 10.4 Å². The molecule has 1 aromatic carbocycles. The minimum atomic E-state index is -0.573. The summed E-state index contributed by atoms with van der Waals surface area (Å²) in [6, 6.07) is 8.57. The maximum absolute atomic E-state index is 10.0. The van der Waals surface area contributed by atoms with Crippen LogP contribution in [-0.2, 0) is 6.54 Å². The summed E-state index contributed by atoms with van der Waals surface area (Å²) >= 11 is 1.73. The van der Waals surface area contributed by atoms with E-state index in [1.54, 1.807) is 11.8 Å². The van der Waals surface area contributed by atoms with Crippen molar-refractivity contribution in [3.8, 4) is 0 Å². The smallest absolute Gasteiger partial charge is 0.0710 e. The SMILES string of the molecule is CCC(C)(O)CSc1cccc(CNCC(C)C)c1. The summed E-state index contributed by atoms with van der Waals surface area (Å²) in [4.78, 5) is 1.23. The van der Waals surface area contributed by atoms with E-state index in [1.807, 2.05) is 13.8 Å². The molecule has 0 bridgehead atoms. The molecule has 0 saturated heterocycles. The second-order valence-electron chi connectivity index (χ2n) is 5.81. The number of hydrogen-bond donors (Lipinski definition) is 2. The molecule has 1 rings (SSSR count). The van der Waals surface area contributed by atoms with Gasteiger partial charge in [-0.25, -0.2) is 0 Å². The first-order valence-electron chi connectivity index (χ1n) is 7.08. The summed E-state index contributed by atoms with van der Waals surface area (Å²) in [6.07, 6.45) is 0.787. The van der Waals surface area contributed by atoms with Gasteiger partial charge in [0.15, 0.2) is 0 Å². The third-order valence-corrected chi connectivity index (χ3v) is 4.45. The van der Waals surface area contributed by atoms with Gasteiger partial charge in [0.2, 0.25) is 0 Å². The van der Waals surface area contributed by atoms with Crippen molar-refractivity contribution in [1.29, 1.82) is 0 Å². The van der Waals surface area contributed by atoms with E-state index in [4.69, 9.17) is 0 Å². The van der Waals surface area contributed by atoms with Crippen LogP contribution in [0.25, 0.3) is 0 Å². The minimum absolute atomic E-state index is 0.573. The monoisotopic (exact) mass is 281 g/mol. The van der Waals surface area contributed by atoms with Gasteiger partial charge in [-0.1, -0.05) is 32.9 Å². The highest BCUT2D eigenvalue weighted by molar-refractivity contribution is 7.99. The maximum atomic E-state index is 10.0. The molecule has 0 amide bonds. The largest absolute Gasteiger partial charge is 0.389 e. The summed E-state index contributed by atoms with van der Waals surface area (Å²) in [5.41, 5.74) is 0.734. The van der Waals surface area contributed by atoms with Crippen LogP contribution in [0.2, 0.25) is 0 Å². The molecule has 0 aliphatic heterocycles. The Hall–Kier alpha value is -0.510. The summed E-state index contributed by atoms with van der Waals surface area (Å²) in [6.45, 7) is 10.3. The van der Waals surface area contributed by atoms with Crippen LogP contribution in [0.15, 0.2) is 29.2 Å². The van der Waals surface area contributed by atoms with E-state index >= 15 is 0 Å². The predicted octanol–water partition coefficient (Wildman–Crippen LogP) is 3.69. The molecule has 1 unspecified atom stereocenters. The highest BCUT2D eigenvalue weighted by Gasteiger charge is 2.17. The Balaban J connectivity index is 2.48. The first kappa shape index (κ1) is 16.5. The molecule has 0 spiro atoms. The van der Waals surface area contributed by atoms with Crippen molar-refractivity contribution >= 4 is 11.8 Å². The number of nitrogens with one attached hydrogen (secondary N) is 1. The third kappa shape index (κ3) is 7.00. The average molecular weight is 281 g/mol. The van der Waals surface area contributed by atoms with Crippen molar-refractivity contribution < 1.29 is 5.11 Å². The van der Waals surface area contributed by atoms with Crippen molar-refractivity contribution in [1.82, 2.24) is 5.32 Å². The molecule has 0 fully saturated rings. The van der Waals surface area contributed by atoms with Gasteiger partial charge in [0.25, 0.3) is 0 Å². The van der Waals surface area contributed by atoms with Gasteiger partial charge in [-0.05, 0) is 43.5 Å². The fraction of sp³-hybridized carbons (Fsp3) is 0.625. The molecule has 1 aromatic rings. The lowest BCUT2D eigenvalue weighted by molar-refractivity contribution is 0.0816. The molecule has 0 aromatic heterocycles. The van der Waals surface area contributed by atoms with Gasteiger partial charge in [-0.2, -0.15) is 0 Å². The molecule has 2 nitrogen and oxygen atoms in total. The highest BCUT2D eigenvalue weighted by atomic mass is 32.2. The Bertz CT molecular complexity index is 377. The van der Waals surface area contributed by atoms with Crippen molar-refractivity contribution in [2.45, 2.75) is 51.2 Å². The zero-order chi connectivity index (χ0) is 14.3. The van der Waals surface area contributed by atoms with Crippen LogP contribution in [0, 0.1) is 5.92 Å². The fourth-order valence-corrected chi connectivity index (χ4v) is 2.68. The molecule has 0 saturated carbocycles. The molecule has 19 heavy (non-hydrogen) atoms. The number of aliphatic hydroxyl groups is 1. The van der Waals surface area contributed by atoms with E-state index in [0.29, 0.717) is 5.92 Å². The Labute approximate surface area is 122 Å². The molecule has 3 heteroatoms. The van der Waals surface area contributed by atoms with Gasteiger partial charge in [0.1, 0.15) is 0 Å². The molecule has 1 atom stereocenters. The molecule has 0 aliphatic carbocycles. The average Bonchev–Trinajstić information content (AvgIpc) is 2.37. The van der Waals surface area contributed by atoms with Gasteiger partial charge in [0.05, 0.1) is 5.60 Å². The van der Waals surface area contributed by atoms with Gasteiger partial charge >= 0.3 is 0 Å². The summed E-state index contributed by atoms with van der Waals surface area (Å²) in [7, 11) is 0. The third-order valence-electron chi connectivity index (χ3n) is 3.09. The Kier molecular flexibility index (Phi) is 6.90. The van der Waals surface area contributed by atoms with Gasteiger partial charge in [0, 0.05) is 17.2 Å². The Morgan fingerprint density at radius 1 is 1.37 bits per heavy atom. The van der Waals surface area contributed by atoms with Crippen LogP contribution in [0.1, 0.15) is 39.7 Å². The predicted molar refractivity (Wildman–Crippen MR) is 84.6 cm³/mol.